The summed E-state index contributed by atoms with van der Waals surface area (Å²) in [6.45, 7) is 2.24. The Kier molecular flexibility index (Phi) is 4.51. The van der Waals surface area contributed by atoms with Gasteiger partial charge >= 0.3 is 0 Å². The highest BCUT2D eigenvalue weighted by Gasteiger charge is 2.16. The zero-order valence-electron chi connectivity index (χ0n) is 7.24. The molecule has 0 aromatic carbocycles. The van der Waals surface area contributed by atoms with Gasteiger partial charge in [0.15, 0.2) is 11.9 Å². The Labute approximate surface area is 82.5 Å². The second-order valence-corrected chi connectivity index (χ2v) is 2.44. The maximum atomic E-state index is 9.28. The molecule has 1 rings (SSSR count). The molecule has 74 valence electrons. The van der Waals surface area contributed by atoms with Gasteiger partial charge in [-0.05, 0) is 6.92 Å². The van der Waals surface area contributed by atoms with Crippen molar-refractivity contribution in [2.75, 3.05) is 0 Å². The number of nitrogens with zero attached hydrogens (tertiary/aromatic N) is 1. The predicted octanol–water partition coefficient (Wildman–Crippen LogP) is -3.10. The topological polar surface area (TPSA) is 64.6 Å². The van der Waals surface area contributed by atoms with Crippen LogP contribution in [0.15, 0.2) is 12.3 Å². The molecule has 0 bridgehead atoms. The van der Waals surface area contributed by atoms with Gasteiger partial charge < -0.3 is 27.7 Å². The second kappa shape index (κ2) is 4.89. The van der Waals surface area contributed by atoms with Crippen molar-refractivity contribution in [1.29, 1.82) is 0 Å². The first-order valence-electron chi connectivity index (χ1n) is 3.74. The van der Waals surface area contributed by atoms with E-state index in [1.54, 1.807) is 10.8 Å². The number of aliphatic hydroxyl groups excluding tert-OH is 1. The number of hydrogen-bond donors (Lipinski definition) is 3. The van der Waals surface area contributed by atoms with Crippen molar-refractivity contribution in [3.05, 3.63) is 18.0 Å². The van der Waals surface area contributed by atoms with Crippen LogP contribution in [0.5, 0.6) is 11.5 Å². The number of aromatic hydroxyl groups is 2. The normalized spacial score (nSPS) is 9.38. The maximum absolute atomic E-state index is 9.28. The smallest absolute Gasteiger partial charge is 0.253 e. The molecule has 1 heterocycles. The number of halogens is 1. The third kappa shape index (κ3) is 2.23. The van der Waals surface area contributed by atoms with Crippen LogP contribution in [0.25, 0.3) is 0 Å². The number of hydrogen-bond acceptors (Lipinski definition) is 3. The van der Waals surface area contributed by atoms with Gasteiger partial charge in [-0.25, -0.2) is 0 Å². The van der Waals surface area contributed by atoms with E-state index in [0.717, 1.165) is 0 Å². The van der Waals surface area contributed by atoms with Crippen molar-refractivity contribution in [1.82, 2.24) is 0 Å². The van der Waals surface area contributed by atoms with Crippen LogP contribution in [-0.2, 0) is 13.2 Å². The third-order valence-electron chi connectivity index (χ3n) is 1.77. The first-order chi connectivity index (χ1) is 5.70. The molecule has 0 fully saturated rings. The van der Waals surface area contributed by atoms with Crippen LogP contribution >= 0.6 is 0 Å². The van der Waals surface area contributed by atoms with E-state index >= 15 is 0 Å². The molecule has 1 aromatic heterocycles. The molecule has 0 aliphatic rings. The molecule has 13 heavy (non-hydrogen) atoms. The number of rotatable bonds is 2. The minimum Gasteiger partial charge on any atom is -1.00 e. The lowest BCUT2D eigenvalue weighted by atomic mass is 10.3. The number of pyridine rings is 1. The highest BCUT2D eigenvalue weighted by molar-refractivity contribution is 5.36. The van der Waals surface area contributed by atoms with Crippen LogP contribution in [0.3, 0.4) is 0 Å². The molecule has 0 aliphatic carbocycles. The van der Waals surface area contributed by atoms with Crippen LogP contribution in [0.2, 0.25) is 0 Å². The predicted molar refractivity (Wildman–Crippen MR) is 41.6 cm³/mol. The van der Waals surface area contributed by atoms with Gasteiger partial charge in [-0.1, -0.05) is 0 Å². The van der Waals surface area contributed by atoms with Crippen molar-refractivity contribution < 1.29 is 32.3 Å². The standard InChI is InChI=1S/C8H11NO3.ClH/c1-2-9-4-3-7(11)8(12)6(9)5-10;/h3-4,10,12H,2,5H2,1H3;1H. The van der Waals surface area contributed by atoms with Gasteiger partial charge in [0, 0.05) is 6.07 Å². The maximum Gasteiger partial charge on any atom is 0.253 e. The highest BCUT2D eigenvalue weighted by atomic mass is 35.5. The molecule has 0 aliphatic heterocycles. The first kappa shape index (κ1) is 12.0. The summed E-state index contributed by atoms with van der Waals surface area (Å²) >= 11 is 0. The summed E-state index contributed by atoms with van der Waals surface area (Å²) in [4.78, 5) is 0. The lowest BCUT2D eigenvalue weighted by Gasteiger charge is -2.02. The number of aromatic nitrogens is 1. The van der Waals surface area contributed by atoms with Crippen molar-refractivity contribution >= 4 is 0 Å². The Morgan fingerprint density at radius 1 is 1.38 bits per heavy atom. The molecule has 0 saturated carbocycles. The van der Waals surface area contributed by atoms with Gasteiger partial charge in [-0.2, -0.15) is 4.57 Å². The third-order valence-corrected chi connectivity index (χ3v) is 1.77. The monoisotopic (exact) mass is 205 g/mol. The molecule has 0 spiro atoms. The molecule has 0 saturated heterocycles. The van der Waals surface area contributed by atoms with Crippen LogP contribution in [-0.4, -0.2) is 15.3 Å². The van der Waals surface area contributed by atoms with Gasteiger partial charge in [0.05, 0.1) is 0 Å². The average molecular weight is 206 g/mol. The molecule has 3 N–H and O–H groups in total. The van der Waals surface area contributed by atoms with E-state index in [2.05, 4.69) is 0 Å². The summed E-state index contributed by atoms with van der Waals surface area (Å²) in [6.07, 6.45) is 1.61. The Bertz CT molecular complexity index is 291. The highest BCUT2D eigenvalue weighted by Crippen LogP contribution is 2.24. The number of aliphatic hydroxyl groups is 1. The number of aryl methyl sites for hydroxylation is 1. The van der Waals surface area contributed by atoms with E-state index in [-0.39, 0.29) is 30.5 Å². The summed E-state index contributed by atoms with van der Waals surface area (Å²) in [5.74, 6) is -0.453. The SMILES string of the molecule is CC[n+]1ccc(O)c(O)c1CO.[Cl-]. The van der Waals surface area contributed by atoms with Crippen LogP contribution in [0.4, 0.5) is 0 Å². The fraction of sp³-hybridized carbons (Fsp3) is 0.375. The lowest BCUT2D eigenvalue weighted by Crippen LogP contribution is -3.00. The zero-order valence-corrected chi connectivity index (χ0v) is 7.99. The van der Waals surface area contributed by atoms with Crippen LogP contribution < -0.4 is 17.0 Å². The second-order valence-electron chi connectivity index (χ2n) is 2.44. The Balaban J connectivity index is 0.00000144. The molecule has 1 aromatic rings. The van der Waals surface area contributed by atoms with Gasteiger partial charge in [0.1, 0.15) is 13.2 Å². The van der Waals surface area contributed by atoms with Crippen LogP contribution in [0, 0.1) is 0 Å². The van der Waals surface area contributed by atoms with E-state index in [0.29, 0.717) is 12.2 Å². The van der Waals surface area contributed by atoms with Crippen molar-refractivity contribution in [3.8, 4) is 11.5 Å². The fourth-order valence-electron chi connectivity index (χ4n) is 1.08. The fourth-order valence-corrected chi connectivity index (χ4v) is 1.08. The average Bonchev–Trinajstić information content (AvgIpc) is 2.09. The van der Waals surface area contributed by atoms with E-state index < -0.39 is 0 Å². The summed E-state index contributed by atoms with van der Waals surface area (Å²) in [6, 6.07) is 1.39. The Morgan fingerprint density at radius 3 is 2.46 bits per heavy atom. The Morgan fingerprint density at radius 2 is 2.00 bits per heavy atom. The first-order valence-corrected chi connectivity index (χ1v) is 3.74. The molecule has 0 radical (unpaired) electrons. The lowest BCUT2D eigenvalue weighted by molar-refractivity contribution is -0.703. The van der Waals surface area contributed by atoms with E-state index in [1.165, 1.54) is 6.07 Å². The van der Waals surface area contributed by atoms with Crippen molar-refractivity contribution in [2.24, 2.45) is 0 Å². The van der Waals surface area contributed by atoms with Crippen molar-refractivity contribution in [3.63, 3.8) is 0 Å². The zero-order chi connectivity index (χ0) is 9.14. The van der Waals surface area contributed by atoms with E-state index in [1.807, 2.05) is 6.92 Å². The molecule has 4 nitrogen and oxygen atoms in total. The molecule has 0 atom stereocenters. The summed E-state index contributed by atoms with van der Waals surface area (Å²) in [7, 11) is 0. The van der Waals surface area contributed by atoms with Gasteiger partial charge in [0.25, 0.3) is 5.69 Å². The minimum absolute atomic E-state index is 0. The summed E-state index contributed by atoms with van der Waals surface area (Å²) in [5.41, 5.74) is 0.331. The summed E-state index contributed by atoms with van der Waals surface area (Å²) in [5, 5.41) is 27.2. The molecule has 0 amide bonds. The van der Waals surface area contributed by atoms with E-state index in [9.17, 15) is 5.11 Å². The summed E-state index contributed by atoms with van der Waals surface area (Å²) < 4.78 is 1.66. The van der Waals surface area contributed by atoms with Gasteiger partial charge in [0.2, 0.25) is 5.75 Å². The minimum atomic E-state index is -0.284. The molecular weight excluding hydrogens is 194 g/mol. The van der Waals surface area contributed by atoms with Gasteiger partial charge in [-0.3, -0.25) is 0 Å². The van der Waals surface area contributed by atoms with Crippen molar-refractivity contribution in [2.45, 2.75) is 20.1 Å². The van der Waals surface area contributed by atoms with Gasteiger partial charge in [-0.15, -0.1) is 0 Å². The quantitative estimate of drug-likeness (QED) is 0.449. The Hall–Kier alpha value is -1.00. The largest absolute Gasteiger partial charge is 1.00 e. The van der Waals surface area contributed by atoms with Crippen LogP contribution in [0.1, 0.15) is 12.6 Å². The van der Waals surface area contributed by atoms with E-state index in [4.69, 9.17) is 10.2 Å². The molecular formula is C8H12ClNO3. The molecule has 0 unspecified atom stereocenters. The molecule has 5 heteroatoms.